The van der Waals surface area contributed by atoms with Gasteiger partial charge < -0.3 is 9.73 Å². The van der Waals surface area contributed by atoms with Crippen LogP contribution in [0.2, 0.25) is 10.0 Å². The van der Waals surface area contributed by atoms with Crippen LogP contribution >= 0.6 is 23.2 Å². The minimum Gasteiger partial charge on any atom is -0.408 e. The second-order valence-electron chi connectivity index (χ2n) is 4.25. The Kier molecular flexibility index (Phi) is 3.42. The molecule has 0 saturated carbocycles. The summed E-state index contributed by atoms with van der Waals surface area (Å²) in [5.41, 5.74) is 1.98. The fourth-order valence-electron chi connectivity index (χ4n) is 1.96. The molecule has 0 aliphatic carbocycles. The van der Waals surface area contributed by atoms with Crippen molar-refractivity contribution in [2.24, 2.45) is 0 Å². The summed E-state index contributed by atoms with van der Waals surface area (Å²) in [7, 11) is 0. The van der Waals surface area contributed by atoms with E-state index in [0.717, 1.165) is 5.69 Å². The Labute approximate surface area is 124 Å². The van der Waals surface area contributed by atoms with E-state index in [9.17, 15) is 4.79 Å². The molecular weight excluding hydrogens is 299 g/mol. The quantitative estimate of drug-likeness (QED) is 0.796. The highest BCUT2D eigenvalue weighted by Gasteiger charge is 2.09. The van der Waals surface area contributed by atoms with Crippen molar-refractivity contribution in [3.63, 3.8) is 0 Å². The number of anilines is 1. The molecule has 20 heavy (non-hydrogen) atoms. The van der Waals surface area contributed by atoms with Crippen LogP contribution in [0.5, 0.6) is 0 Å². The molecule has 0 radical (unpaired) electrons. The van der Waals surface area contributed by atoms with Crippen molar-refractivity contribution in [3.05, 3.63) is 63.1 Å². The number of hydrogen-bond acceptors (Lipinski definition) is 3. The Morgan fingerprint density at radius 1 is 1.10 bits per heavy atom. The van der Waals surface area contributed by atoms with Crippen LogP contribution in [0.15, 0.2) is 51.7 Å². The molecule has 0 aliphatic rings. The molecule has 1 heterocycles. The predicted octanol–water partition coefficient (Wildman–Crippen LogP) is 3.97. The molecule has 0 bridgehead atoms. The van der Waals surface area contributed by atoms with Gasteiger partial charge in [0.2, 0.25) is 0 Å². The number of hydrogen-bond donors (Lipinski definition) is 1. The summed E-state index contributed by atoms with van der Waals surface area (Å²) in [6, 6.07) is 12.4. The van der Waals surface area contributed by atoms with Crippen molar-refractivity contribution in [2.45, 2.75) is 6.67 Å². The maximum atomic E-state index is 11.8. The lowest BCUT2D eigenvalue weighted by Gasteiger charge is -2.07. The maximum Gasteiger partial charge on any atom is 0.421 e. The molecule has 4 nitrogen and oxygen atoms in total. The van der Waals surface area contributed by atoms with Gasteiger partial charge in [0.05, 0.1) is 12.2 Å². The van der Waals surface area contributed by atoms with Crippen LogP contribution in [0.4, 0.5) is 5.69 Å². The van der Waals surface area contributed by atoms with Gasteiger partial charge in [0.15, 0.2) is 5.58 Å². The van der Waals surface area contributed by atoms with E-state index in [2.05, 4.69) is 5.32 Å². The number of halogens is 2. The highest BCUT2D eigenvalue weighted by Crippen LogP contribution is 2.19. The summed E-state index contributed by atoms with van der Waals surface area (Å²) in [6.07, 6.45) is 0. The predicted molar refractivity (Wildman–Crippen MR) is 80.6 cm³/mol. The minimum absolute atomic E-state index is 0.286. The number of nitrogens with one attached hydrogen (secondary N) is 1. The van der Waals surface area contributed by atoms with Gasteiger partial charge in [-0.3, -0.25) is 4.57 Å². The third kappa shape index (κ3) is 2.53. The molecule has 102 valence electrons. The van der Waals surface area contributed by atoms with Crippen molar-refractivity contribution in [1.82, 2.24) is 4.57 Å². The highest BCUT2D eigenvalue weighted by atomic mass is 35.5. The van der Waals surface area contributed by atoms with Crippen molar-refractivity contribution in [2.75, 3.05) is 5.32 Å². The minimum atomic E-state index is -0.434. The number of aromatic nitrogens is 1. The van der Waals surface area contributed by atoms with Gasteiger partial charge in [0, 0.05) is 21.8 Å². The molecule has 0 atom stereocenters. The van der Waals surface area contributed by atoms with Crippen LogP contribution in [0.1, 0.15) is 0 Å². The third-order valence-electron chi connectivity index (χ3n) is 2.90. The van der Waals surface area contributed by atoms with Crippen molar-refractivity contribution in [1.29, 1.82) is 0 Å². The fraction of sp³-hybridized carbons (Fsp3) is 0.0714. The Balaban J connectivity index is 1.91. The zero-order valence-electron chi connectivity index (χ0n) is 10.3. The summed E-state index contributed by atoms with van der Waals surface area (Å²) >= 11 is 11.8. The van der Waals surface area contributed by atoms with Gasteiger partial charge in [0.1, 0.15) is 0 Å². The average Bonchev–Trinajstić information content (AvgIpc) is 2.71. The van der Waals surface area contributed by atoms with E-state index < -0.39 is 5.76 Å². The zero-order chi connectivity index (χ0) is 14.1. The van der Waals surface area contributed by atoms with Crippen molar-refractivity contribution < 1.29 is 4.42 Å². The van der Waals surface area contributed by atoms with Crippen LogP contribution in [-0.2, 0) is 6.67 Å². The average molecular weight is 309 g/mol. The van der Waals surface area contributed by atoms with Crippen LogP contribution in [0.3, 0.4) is 0 Å². The summed E-state index contributed by atoms with van der Waals surface area (Å²) in [6.45, 7) is 0.286. The molecule has 6 heteroatoms. The van der Waals surface area contributed by atoms with Crippen LogP contribution < -0.4 is 11.1 Å². The molecular formula is C14H10Cl2N2O2. The lowest BCUT2D eigenvalue weighted by Crippen LogP contribution is -2.19. The summed E-state index contributed by atoms with van der Waals surface area (Å²) in [5.74, 6) is -0.434. The maximum absolute atomic E-state index is 11.8. The lowest BCUT2D eigenvalue weighted by molar-refractivity contribution is 0.515. The first-order valence-electron chi connectivity index (χ1n) is 5.92. The lowest BCUT2D eigenvalue weighted by atomic mass is 10.3. The molecule has 3 aromatic rings. The van der Waals surface area contributed by atoms with Gasteiger partial charge in [-0.05, 0) is 30.3 Å². The van der Waals surface area contributed by atoms with E-state index in [1.807, 2.05) is 12.1 Å². The zero-order valence-corrected chi connectivity index (χ0v) is 11.8. The fourth-order valence-corrected chi connectivity index (χ4v) is 2.31. The number of oxazole rings is 1. The first-order chi connectivity index (χ1) is 9.63. The highest BCUT2D eigenvalue weighted by molar-refractivity contribution is 6.31. The van der Waals surface area contributed by atoms with Crippen molar-refractivity contribution in [3.8, 4) is 0 Å². The number of nitrogens with zero attached hydrogens (tertiary/aromatic N) is 1. The molecule has 2 aromatic carbocycles. The molecule has 1 N–H and O–H groups in total. The van der Waals surface area contributed by atoms with E-state index in [0.29, 0.717) is 21.1 Å². The molecule has 3 rings (SSSR count). The SMILES string of the molecule is O=c1oc2cc(Cl)ccc2n1CNc1cccc(Cl)c1. The van der Waals surface area contributed by atoms with E-state index in [1.54, 1.807) is 30.3 Å². The largest absolute Gasteiger partial charge is 0.421 e. The Morgan fingerprint density at radius 3 is 2.70 bits per heavy atom. The van der Waals surface area contributed by atoms with Crippen molar-refractivity contribution >= 4 is 40.0 Å². The molecule has 0 fully saturated rings. The van der Waals surface area contributed by atoms with Gasteiger partial charge >= 0.3 is 5.76 Å². The molecule has 0 spiro atoms. The topological polar surface area (TPSA) is 47.2 Å². The van der Waals surface area contributed by atoms with Gasteiger partial charge in [-0.1, -0.05) is 29.3 Å². The number of benzene rings is 2. The normalized spacial score (nSPS) is 10.9. The second-order valence-corrected chi connectivity index (χ2v) is 5.13. The van der Waals surface area contributed by atoms with Gasteiger partial charge in [-0.15, -0.1) is 0 Å². The number of rotatable bonds is 3. The van der Waals surface area contributed by atoms with E-state index in [1.165, 1.54) is 4.57 Å². The second kappa shape index (κ2) is 5.23. The summed E-state index contributed by atoms with van der Waals surface area (Å²) in [4.78, 5) is 11.8. The molecule has 0 unspecified atom stereocenters. The summed E-state index contributed by atoms with van der Waals surface area (Å²) < 4.78 is 6.64. The molecule has 0 amide bonds. The van der Waals surface area contributed by atoms with Gasteiger partial charge in [-0.2, -0.15) is 0 Å². The summed E-state index contributed by atoms with van der Waals surface area (Å²) in [5, 5.41) is 4.28. The Bertz CT molecular complexity index is 823. The van der Waals surface area contributed by atoms with Gasteiger partial charge in [0.25, 0.3) is 0 Å². The Morgan fingerprint density at radius 2 is 1.90 bits per heavy atom. The smallest absolute Gasteiger partial charge is 0.408 e. The first kappa shape index (κ1) is 13.1. The van der Waals surface area contributed by atoms with Crippen LogP contribution in [-0.4, -0.2) is 4.57 Å². The van der Waals surface area contributed by atoms with Crippen LogP contribution in [0, 0.1) is 0 Å². The van der Waals surface area contributed by atoms with Crippen LogP contribution in [0.25, 0.3) is 11.1 Å². The Hall–Kier alpha value is -1.91. The third-order valence-corrected chi connectivity index (χ3v) is 3.37. The molecule has 0 saturated heterocycles. The van der Waals surface area contributed by atoms with E-state index in [-0.39, 0.29) is 6.67 Å². The molecule has 1 aromatic heterocycles. The van der Waals surface area contributed by atoms with Gasteiger partial charge in [-0.25, -0.2) is 4.79 Å². The standard InChI is InChI=1S/C14H10Cl2N2O2/c15-9-2-1-3-11(6-9)17-8-18-12-5-4-10(16)7-13(12)20-14(18)19/h1-7,17H,8H2. The molecule has 0 aliphatic heterocycles. The van der Waals surface area contributed by atoms with E-state index >= 15 is 0 Å². The monoisotopic (exact) mass is 308 g/mol. The first-order valence-corrected chi connectivity index (χ1v) is 6.67. The number of fused-ring (bicyclic) bond motifs is 1. The van der Waals surface area contributed by atoms with E-state index in [4.69, 9.17) is 27.6 Å².